The third kappa shape index (κ3) is 5.63. The number of rotatable bonds is 7. The average Bonchev–Trinajstić information content (AvgIpc) is 2.58. The molecule has 140 valence electrons. The number of carbonyl (C=O) groups is 1. The molecule has 0 radical (unpaired) electrons. The summed E-state index contributed by atoms with van der Waals surface area (Å²) in [4.78, 5) is 15.8. The van der Waals surface area contributed by atoms with Crippen molar-refractivity contribution in [1.82, 2.24) is 4.98 Å². The Labute approximate surface area is 153 Å². The maximum Gasteiger partial charge on any atom is 0.412 e. The van der Waals surface area contributed by atoms with Gasteiger partial charge in [-0.3, -0.25) is 5.32 Å². The van der Waals surface area contributed by atoms with E-state index in [2.05, 4.69) is 29.5 Å². The van der Waals surface area contributed by atoms with Crippen molar-refractivity contribution in [2.45, 2.75) is 17.6 Å². The van der Waals surface area contributed by atoms with Crippen molar-refractivity contribution in [3.05, 3.63) is 48.4 Å². The highest BCUT2D eigenvalue weighted by molar-refractivity contribution is 7.81. The van der Waals surface area contributed by atoms with E-state index in [4.69, 9.17) is 10.5 Å². The SMILES string of the molecule is C=C(CC(F)(F)CN)C(S)COC(=O)Nc1cc2cc(F)ccc2cn1. The van der Waals surface area contributed by atoms with Crippen LogP contribution in [0.15, 0.2) is 42.6 Å². The zero-order chi connectivity index (χ0) is 19.3. The minimum Gasteiger partial charge on any atom is -0.448 e. The molecule has 0 bridgehead atoms. The van der Waals surface area contributed by atoms with E-state index >= 15 is 0 Å². The Morgan fingerprint density at radius 2 is 2.12 bits per heavy atom. The fraction of sp³-hybridized carbons (Fsp3) is 0.294. The number of anilines is 1. The van der Waals surface area contributed by atoms with E-state index in [-0.39, 0.29) is 18.0 Å². The number of aromatic nitrogens is 1. The summed E-state index contributed by atoms with van der Waals surface area (Å²) in [6.07, 6.45) is -0.00566. The number of pyridine rings is 1. The number of carbonyl (C=O) groups excluding carboxylic acids is 1. The average molecular weight is 385 g/mol. The van der Waals surface area contributed by atoms with Gasteiger partial charge in [0.2, 0.25) is 0 Å². The number of ether oxygens (including phenoxy) is 1. The van der Waals surface area contributed by atoms with E-state index < -0.39 is 36.0 Å². The first-order chi connectivity index (χ1) is 12.2. The standard InChI is InChI=1S/C17H18F3N3O2S/c1-10(6-17(19,20)9-21)14(26)8-25-16(24)23-15-5-12-4-13(18)3-2-11(12)7-22-15/h2-5,7,14,26H,1,6,8-9,21H2,(H,22,23,24). The minimum atomic E-state index is -3.08. The first-order valence-electron chi connectivity index (χ1n) is 7.63. The number of hydrogen-bond acceptors (Lipinski definition) is 5. The maximum absolute atomic E-state index is 13.2. The van der Waals surface area contributed by atoms with Crippen LogP contribution in [0.2, 0.25) is 0 Å². The highest BCUT2D eigenvalue weighted by atomic mass is 32.1. The van der Waals surface area contributed by atoms with E-state index in [1.807, 2.05) is 0 Å². The smallest absolute Gasteiger partial charge is 0.412 e. The first-order valence-corrected chi connectivity index (χ1v) is 8.14. The van der Waals surface area contributed by atoms with Crippen LogP contribution in [0.1, 0.15) is 6.42 Å². The second-order valence-electron chi connectivity index (χ2n) is 5.70. The predicted octanol–water partition coefficient (Wildman–Crippen LogP) is 3.76. The van der Waals surface area contributed by atoms with Crippen molar-refractivity contribution in [3.63, 3.8) is 0 Å². The Bertz CT molecular complexity index is 817. The lowest BCUT2D eigenvalue weighted by molar-refractivity contribution is 0.0107. The number of fused-ring (bicyclic) bond motifs is 1. The molecule has 1 atom stereocenters. The zero-order valence-electron chi connectivity index (χ0n) is 13.7. The lowest BCUT2D eigenvalue weighted by atomic mass is 10.1. The van der Waals surface area contributed by atoms with Crippen LogP contribution in [0, 0.1) is 5.82 Å². The van der Waals surface area contributed by atoms with Crippen LogP contribution in [0.5, 0.6) is 0 Å². The summed E-state index contributed by atoms with van der Waals surface area (Å²) in [5.74, 6) is -3.33. The quantitative estimate of drug-likeness (QED) is 0.501. The number of nitrogens with one attached hydrogen (secondary N) is 1. The molecule has 0 spiro atoms. The summed E-state index contributed by atoms with van der Waals surface area (Å²) in [7, 11) is 0. The Hall–Kier alpha value is -2.26. The predicted molar refractivity (Wildman–Crippen MR) is 97.2 cm³/mol. The van der Waals surface area contributed by atoms with Crippen molar-refractivity contribution in [2.75, 3.05) is 18.5 Å². The lowest BCUT2D eigenvalue weighted by Gasteiger charge is -2.19. The molecule has 0 fully saturated rings. The van der Waals surface area contributed by atoms with Crippen LogP contribution in [0.3, 0.4) is 0 Å². The number of nitrogens with two attached hydrogens (primary N) is 1. The van der Waals surface area contributed by atoms with Gasteiger partial charge in [-0.15, -0.1) is 0 Å². The van der Waals surface area contributed by atoms with Crippen LogP contribution >= 0.6 is 12.6 Å². The summed E-state index contributed by atoms with van der Waals surface area (Å²) in [6, 6.07) is 5.66. The van der Waals surface area contributed by atoms with Crippen molar-refractivity contribution in [2.24, 2.45) is 5.73 Å². The van der Waals surface area contributed by atoms with E-state index in [1.54, 1.807) is 6.07 Å². The van der Waals surface area contributed by atoms with Gasteiger partial charge in [0.15, 0.2) is 0 Å². The third-order valence-electron chi connectivity index (χ3n) is 3.54. The van der Waals surface area contributed by atoms with Gasteiger partial charge in [0, 0.05) is 18.0 Å². The van der Waals surface area contributed by atoms with E-state index in [9.17, 15) is 18.0 Å². The summed E-state index contributed by atoms with van der Waals surface area (Å²) in [5, 5.41) is 2.88. The summed E-state index contributed by atoms with van der Waals surface area (Å²) < 4.78 is 44.6. The number of nitrogens with zero attached hydrogens (tertiary/aromatic N) is 1. The number of hydrogen-bond donors (Lipinski definition) is 3. The maximum atomic E-state index is 13.2. The molecular weight excluding hydrogens is 367 g/mol. The largest absolute Gasteiger partial charge is 0.448 e. The fourth-order valence-electron chi connectivity index (χ4n) is 2.12. The zero-order valence-corrected chi connectivity index (χ0v) is 14.6. The van der Waals surface area contributed by atoms with Gasteiger partial charge in [-0.25, -0.2) is 22.9 Å². The van der Waals surface area contributed by atoms with Gasteiger partial charge in [0.05, 0.1) is 11.8 Å². The van der Waals surface area contributed by atoms with Gasteiger partial charge in [-0.2, -0.15) is 12.6 Å². The van der Waals surface area contributed by atoms with Crippen LogP contribution in [-0.2, 0) is 4.74 Å². The van der Waals surface area contributed by atoms with Crippen LogP contribution in [-0.4, -0.2) is 35.4 Å². The van der Waals surface area contributed by atoms with Crippen LogP contribution in [0.4, 0.5) is 23.8 Å². The van der Waals surface area contributed by atoms with Gasteiger partial charge >= 0.3 is 6.09 Å². The molecule has 1 unspecified atom stereocenters. The normalized spacial score (nSPS) is 12.7. The van der Waals surface area contributed by atoms with Gasteiger partial charge in [-0.1, -0.05) is 12.2 Å². The van der Waals surface area contributed by atoms with E-state index in [1.165, 1.54) is 24.4 Å². The second-order valence-corrected chi connectivity index (χ2v) is 6.32. The lowest BCUT2D eigenvalue weighted by Crippen LogP contribution is -2.30. The first kappa shape index (κ1) is 20.1. The highest BCUT2D eigenvalue weighted by Crippen LogP contribution is 2.25. The van der Waals surface area contributed by atoms with Crippen molar-refractivity contribution in [3.8, 4) is 0 Å². The molecule has 3 N–H and O–H groups in total. The molecule has 0 saturated carbocycles. The summed E-state index contributed by atoms with van der Waals surface area (Å²) in [6.45, 7) is 2.46. The second kappa shape index (κ2) is 8.41. The molecular formula is C17H18F3N3O2S. The molecule has 5 nitrogen and oxygen atoms in total. The summed E-state index contributed by atoms with van der Waals surface area (Å²) in [5.41, 5.74) is 5.08. The van der Waals surface area contributed by atoms with Crippen LogP contribution < -0.4 is 11.1 Å². The molecule has 0 aliphatic rings. The van der Waals surface area contributed by atoms with Crippen molar-refractivity contribution in [1.29, 1.82) is 0 Å². The highest BCUT2D eigenvalue weighted by Gasteiger charge is 2.29. The molecule has 0 saturated heterocycles. The van der Waals surface area contributed by atoms with Crippen molar-refractivity contribution < 1.29 is 22.7 Å². The van der Waals surface area contributed by atoms with E-state index in [0.29, 0.717) is 10.8 Å². The topological polar surface area (TPSA) is 77.2 Å². The van der Waals surface area contributed by atoms with Crippen molar-refractivity contribution >= 4 is 35.3 Å². The molecule has 2 aromatic rings. The van der Waals surface area contributed by atoms with Gasteiger partial charge in [-0.05, 0) is 29.7 Å². The number of amides is 1. The van der Waals surface area contributed by atoms with Crippen LogP contribution in [0.25, 0.3) is 10.8 Å². The molecule has 0 aliphatic heterocycles. The monoisotopic (exact) mass is 385 g/mol. The fourth-order valence-corrected chi connectivity index (χ4v) is 2.28. The molecule has 0 aliphatic carbocycles. The number of benzene rings is 1. The van der Waals surface area contributed by atoms with Gasteiger partial charge in [0.25, 0.3) is 5.92 Å². The Morgan fingerprint density at radius 1 is 1.38 bits per heavy atom. The molecule has 1 heterocycles. The Balaban J connectivity index is 1.89. The molecule has 9 heteroatoms. The molecule has 1 aromatic heterocycles. The minimum absolute atomic E-state index is 0.107. The molecule has 2 rings (SSSR count). The number of halogens is 3. The molecule has 26 heavy (non-hydrogen) atoms. The Kier molecular flexibility index (Phi) is 6.49. The van der Waals surface area contributed by atoms with Gasteiger partial charge < -0.3 is 10.5 Å². The Morgan fingerprint density at radius 3 is 2.81 bits per heavy atom. The molecule has 1 aromatic carbocycles. The summed E-state index contributed by atoms with van der Waals surface area (Å²) >= 11 is 4.10. The number of thiol groups is 1. The number of alkyl halides is 2. The molecule has 1 amide bonds. The third-order valence-corrected chi connectivity index (χ3v) is 4.06. The van der Waals surface area contributed by atoms with E-state index in [0.717, 1.165) is 0 Å². The van der Waals surface area contributed by atoms with Gasteiger partial charge in [0.1, 0.15) is 18.2 Å².